The van der Waals surface area contributed by atoms with Gasteiger partial charge >= 0.3 is 0 Å². The first-order chi connectivity index (χ1) is 31.5. The van der Waals surface area contributed by atoms with Crippen LogP contribution in [0, 0.1) is 0 Å². The molecule has 4 aliphatic heterocycles. The van der Waals surface area contributed by atoms with Crippen LogP contribution in [0.2, 0.25) is 0 Å². The van der Waals surface area contributed by atoms with E-state index in [4.69, 9.17) is 28.9 Å². The third-order valence-electron chi connectivity index (χ3n) is 12.8. The van der Waals surface area contributed by atoms with Crippen molar-refractivity contribution in [2.75, 3.05) is 26.7 Å². The second kappa shape index (κ2) is 17.6. The summed E-state index contributed by atoms with van der Waals surface area (Å²) in [5.41, 5.74) is 7.78. The number of hydrogen-bond acceptors (Lipinski definition) is 10. The first-order valence-electron chi connectivity index (χ1n) is 22.0. The molecule has 4 N–H and O–H groups in total. The molecule has 4 aliphatic rings. The van der Waals surface area contributed by atoms with E-state index in [9.17, 15) is 9.59 Å². The molecule has 4 saturated heterocycles. The normalized spacial score (nSPS) is 20.0. The molecule has 64 heavy (non-hydrogen) atoms. The zero-order chi connectivity index (χ0) is 43.0. The summed E-state index contributed by atoms with van der Waals surface area (Å²) in [5.74, 6) is 1.49. The van der Waals surface area contributed by atoms with Gasteiger partial charge in [0.1, 0.15) is 23.7 Å². The van der Waals surface area contributed by atoms with Crippen molar-refractivity contribution < 1.29 is 28.5 Å². The third kappa shape index (κ3) is 8.00. The van der Waals surface area contributed by atoms with Crippen LogP contribution in [0.5, 0.6) is 0 Å². The van der Waals surface area contributed by atoms with E-state index >= 15 is 0 Å². The number of nitrogens with zero attached hydrogens (tertiary/aromatic N) is 4. The van der Waals surface area contributed by atoms with Crippen LogP contribution >= 0.6 is 0 Å². The molecule has 0 radical (unpaired) electrons. The third-order valence-corrected chi connectivity index (χ3v) is 12.8. The fourth-order valence-corrected chi connectivity index (χ4v) is 9.35. The highest BCUT2D eigenvalue weighted by Gasteiger charge is 2.40. The number of carbonyl (C=O) groups excluding carboxylic acids is 2. The lowest BCUT2D eigenvalue weighted by Gasteiger charge is -2.34. The van der Waals surface area contributed by atoms with E-state index in [0.717, 1.165) is 92.9 Å². The van der Waals surface area contributed by atoms with Gasteiger partial charge in [0.05, 0.1) is 35.9 Å². The van der Waals surface area contributed by atoms with E-state index < -0.39 is 24.9 Å². The Morgan fingerprint density at radius 1 is 0.547 bits per heavy atom. The quantitative estimate of drug-likeness (QED) is 0.0900. The Kier molecular flexibility index (Phi) is 11.1. The molecule has 4 atom stereocenters. The average Bonchev–Trinajstić information content (AvgIpc) is 4.16. The number of aromatic amines is 2. The Balaban J connectivity index is 0.762. The smallest absolute Gasteiger partial charge is 0.245 e. The predicted octanol–water partition coefficient (Wildman–Crippen LogP) is 7.85. The molecular weight excluding hydrogens is 809 g/mol. The Labute approximate surface area is 369 Å². The summed E-state index contributed by atoms with van der Waals surface area (Å²) in [6, 6.07) is 39.3. The summed E-state index contributed by atoms with van der Waals surface area (Å²) in [6.07, 6.45) is 5.93. The van der Waals surface area contributed by atoms with E-state index in [1.54, 1.807) is 0 Å². The SMILES string of the molecule is O=C([C@H](NC1OCO1)c1ccccc1)N1CCC[C@H]1c1ncc(-c2ccc(-c3ccc4cc(-c5cnc([C@@H]6CCCN6C(=O)[C@H](NC6OCO6)c6ccccc6)[nH]5)ccc4c3)cc2)[nH]1. The number of benzene rings is 5. The molecule has 7 aromatic rings. The Hall–Kier alpha value is -6.52. The zero-order valence-electron chi connectivity index (χ0n) is 35.1. The van der Waals surface area contributed by atoms with E-state index in [1.807, 2.05) is 82.9 Å². The molecule has 11 rings (SSSR count). The van der Waals surface area contributed by atoms with Crippen molar-refractivity contribution in [2.45, 2.75) is 62.7 Å². The number of aromatic nitrogens is 4. The standard InChI is InChI=1S/C50H48N8O6/c59-47(43(55-49-61-29-62-49)33-9-3-1-4-10-33)57-23-7-13-41(57)45-51-27-39(53-45)32-17-15-31(16-18-32)35-19-20-37-26-38(22-21-36(37)25-35)40-28-52-46(54-40)42-14-8-24-58(42)48(60)44(56-50-63-30-64-50)34-11-5-2-6-12-34/h1-6,9-12,15-22,25-28,41-44,49-50,55-56H,7-8,13-14,23-24,29-30H2,(H,51,53)(H,52,54)/t41-,42-,43+,44+/m0/s1. The molecule has 2 amide bonds. The number of H-pyrrole nitrogens is 2. The van der Waals surface area contributed by atoms with Gasteiger partial charge in [0, 0.05) is 18.7 Å². The topological polar surface area (TPSA) is 159 Å². The molecule has 0 spiro atoms. The van der Waals surface area contributed by atoms with Crippen molar-refractivity contribution in [3.8, 4) is 33.6 Å². The molecule has 324 valence electrons. The maximum absolute atomic E-state index is 14.1. The number of nitrogens with one attached hydrogen (secondary N) is 4. The number of ether oxygens (including phenoxy) is 4. The minimum Gasteiger partial charge on any atom is -0.340 e. The summed E-state index contributed by atoms with van der Waals surface area (Å²) in [5, 5.41) is 8.70. The number of likely N-dealkylation sites (tertiary alicyclic amines) is 2. The molecule has 0 aliphatic carbocycles. The van der Waals surface area contributed by atoms with Gasteiger partial charge in [-0.2, -0.15) is 0 Å². The molecule has 5 aromatic carbocycles. The Morgan fingerprint density at radius 3 is 1.47 bits per heavy atom. The van der Waals surface area contributed by atoms with E-state index in [1.165, 1.54) is 0 Å². The molecule has 6 heterocycles. The van der Waals surface area contributed by atoms with Gasteiger partial charge in [-0.3, -0.25) is 20.2 Å². The molecule has 14 nitrogen and oxygen atoms in total. The lowest BCUT2D eigenvalue weighted by atomic mass is 9.98. The van der Waals surface area contributed by atoms with Crippen LogP contribution < -0.4 is 10.6 Å². The Bertz CT molecular complexity index is 2750. The summed E-state index contributed by atoms with van der Waals surface area (Å²) in [7, 11) is 0. The van der Waals surface area contributed by atoms with Crippen molar-refractivity contribution in [3.63, 3.8) is 0 Å². The summed E-state index contributed by atoms with van der Waals surface area (Å²) < 4.78 is 21.8. The van der Waals surface area contributed by atoms with E-state index in [-0.39, 0.29) is 37.5 Å². The van der Waals surface area contributed by atoms with Gasteiger partial charge in [-0.05, 0) is 76.4 Å². The number of hydrogen-bond donors (Lipinski definition) is 4. The van der Waals surface area contributed by atoms with Crippen molar-refractivity contribution >= 4 is 22.6 Å². The average molecular weight is 857 g/mol. The van der Waals surface area contributed by atoms with Crippen LogP contribution in [0.3, 0.4) is 0 Å². The second-order valence-corrected chi connectivity index (χ2v) is 16.7. The summed E-state index contributed by atoms with van der Waals surface area (Å²) in [6.45, 7) is 1.72. The van der Waals surface area contributed by atoms with Crippen molar-refractivity contribution in [1.82, 2.24) is 40.4 Å². The number of rotatable bonds is 13. The van der Waals surface area contributed by atoms with Crippen LogP contribution in [0.15, 0.2) is 134 Å². The highest BCUT2D eigenvalue weighted by molar-refractivity contribution is 5.91. The number of carbonyl (C=O) groups is 2. The fraction of sp³-hybridized carbons (Fsp3) is 0.280. The van der Waals surface area contributed by atoms with Gasteiger partial charge in [-0.25, -0.2) is 9.97 Å². The van der Waals surface area contributed by atoms with Gasteiger partial charge in [0.2, 0.25) is 24.6 Å². The largest absolute Gasteiger partial charge is 0.340 e. The molecule has 14 heteroatoms. The fourth-order valence-electron chi connectivity index (χ4n) is 9.35. The molecule has 0 bridgehead atoms. The van der Waals surface area contributed by atoms with Crippen molar-refractivity contribution in [3.05, 3.63) is 156 Å². The van der Waals surface area contributed by atoms with Gasteiger partial charge < -0.3 is 38.7 Å². The van der Waals surface area contributed by atoms with E-state index in [0.29, 0.717) is 13.1 Å². The minimum atomic E-state index is -0.612. The van der Waals surface area contributed by atoms with Gasteiger partial charge in [-0.1, -0.05) is 109 Å². The highest BCUT2D eigenvalue weighted by atomic mass is 16.9. The van der Waals surface area contributed by atoms with Crippen LogP contribution in [0.1, 0.15) is 72.6 Å². The maximum atomic E-state index is 14.1. The maximum Gasteiger partial charge on any atom is 0.245 e. The Morgan fingerprint density at radius 2 is 0.984 bits per heavy atom. The molecule has 4 fully saturated rings. The predicted molar refractivity (Wildman–Crippen MR) is 238 cm³/mol. The summed E-state index contributed by atoms with van der Waals surface area (Å²) >= 11 is 0. The lowest BCUT2D eigenvalue weighted by Crippen LogP contribution is -2.50. The monoisotopic (exact) mass is 856 g/mol. The molecule has 0 unspecified atom stereocenters. The van der Waals surface area contributed by atoms with Crippen LogP contribution in [-0.4, -0.2) is 81.1 Å². The molecule has 2 aromatic heterocycles. The van der Waals surface area contributed by atoms with E-state index in [2.05, 4.69) is 81.3 Å². The van der Waals surface area contributed by atoms with Crippen LogP contribution in [0.4, 0.5) is 0 Å². The van der Waals surface area contributed by atoms with Gasteiger partial charge in [-0.15, -0.1) is 0 Å². The summed E-state index contributed by atoms with van der Waals surface area (Å²) in [4.78, 5) is 48.7. The minimum absolute atomic E-state index is 0.0316. The second-order valence-electron chi connectivity index (χ2n) is 16.7. The van der Waals surface area contributed by atoms with Crippen molar-refractivity contribution in [1.29, 1.82) is 0 Å². The number of imidazole rings is 2. The zero-order valence-corrected chi connectivity index (χ0v) is 35.1. The van der Waals surface area contributed by atoms with Crippen LogP contribution in [-0.2, 0) is 28.5 Å². The molecular formula is C50H48N8O6. The van der Waals surface area contributed by atoms with Crippen molar-refractivity contribution in [2.24, 2.45) is 0 Å². The number of amides is 2. The van der Waals surface area contributed by atoms with Crippen LogP contribution in [0.25, 0.3) is 44.4 Å². The first-order valence-corrected chi connectivity index (χ1v) is 22.0. The molecule has 0 saturated carbocycles. The lowest BCUT2D eigenvalue weighted by molar-refractivity contribution is -0.335. The first kappa shape index (κ1) is 40.3. The highest BCUT2D eigenvalue weighted by Crippen LogP contribution is 2.37. The van der Waals surface area contributed by atoms with Gasteiger partial charge in [0.25, 0.3) is 0 Å². The number of fused-ring (bicyclic) bond motifs is 1. The van der Waals surface area contributed by atoms with Gasteiger partial charge in [0.15, 0.2) is 13.6 Å².